The lowest BCUT2D eigenvalue weighted by Crippen LogP contribution is -2.17. The topological polar surface area (TPSA) is 18.5 Å². The van der Waals surface area contributed by atoms with E-state index < -0.39 is 0 Å². The van der Waals surface area contributed by atoms with Gasteiger partial charge in [0.15, 0.2) is 6.29 Å². The number of alkyl halides is 1. The maximum atomic E-state index is 5.98. The second-order valence-electron chi connectivity index (χ2n) is 7.63. The molecule has 2 nitrogen and oxygen atoms in total. The lowest BCUT2D eigenvalue weighted by atomic mass is 10.1. The smallest absolute Gasteiger partial charge is 0.158 e. The molecule has 0 aliphatic rings. The molecule has 0 bridgehead atoms. The molecule has 0 fully saturated rings. The first-order valence-corrected chi connectivity index (χ1v) is 13.1. The number of hydrogen-bond acceptors (Lipinski definition) is 2. The van der Waals surface area contributed by atoms with Crippen molar-refractivity contribution in [3.05, 3.63) is 24.3 Å². The minimum atomic E-state index is -0.0709. The van der Waals surface area contributed by atoms with Gasteiger partial charge in [-0.05, 0) is 44.9 Å². The average molecular weight is 460 g/mol. The van der Waals surface area contributed by atoms with Gasteiger partial charge in [0.1, 0.15) is 0 Å². The molecule has 28 heavy (non-hydrogen) atoms. The van der Waals surface area contributed by atoms with E-state index in [1.165, 1.54) is 89.9 Å². The second kappa shape index (κ2) is 24.9. The van der Waals surface area contributed by atoms with Crippen LogP contribution in [0.3, 0.4) is 0 Å². The van der Waals surface area contributed by atoms with Crippen molar-refractivity contribution in [2.24, 2.45) is 0 Å². The molecule has 166 valence electrons. The van der Waals surface area contributed by atoms with Gasteiger partial charge < -0.3 is 9.47 Å². The van der Waals surface area contributed by atoms with Crippen molar-refractivity contribution in [3.63, 3.8) is 0 Å². The third kappa shape index (κ3) is 22.2. The van der Waals surface area contributed by atoms with Gasteiger partial charge in [-0.3, -0.25) is 0 Å². The van der Waals surface area contributed by atoms with Crippen molar-refractivity contribution in [1.82, 2.24) is 0 Å². The molecule has 0 saturated heterocycles. The van der Waals surface area contributed by atoms with Crippen molar-refractivity contribution in [2.75, 3.05) is 18.5 Å². The van der Waals surface area contributed by atoms with E-state index in [1.807, 2.05) is 0 Å². The van der Waals surface area contributed by atoms with Crippen LogP contribution in [0.1, 0.15) is 110 Å². The normalized spacial score (nSPS) is 12.1. The average Bonchev–Trinajstić information content (AvgIpc) is 2.71. The Bertz CT molecular complexity index is 315. The predicted octanol–water partition coefficient (Wildman–Crippen LogP) is 8.74. The highest BCUT2D eigenvalue weighted by molar-refractivity contribution is 9.09. The lowest BCUT2D eigenvalue weighted by molar-refractivity contribution is -0.131. The Balaban J connectivity index is 3.95. The fourth-order valence-electron chi connectivity index (χ4n) is 3.05. The van der Waals surface area contributed by atoms with Crippen LogP contribution in [-0.2, 0) is 9.47 Å². The zero-order valence-electron chi connectivity index (χ0n) is 18.8. The van der Waals surface area contributed by atoms with E-state index in [2.05, 4.69) is 54.1 Å². The minimum Gasteiger partial charge on any atom is -0.349 e. The van der Waals surface area contributed by atoms with Gasteiger partial charge in [0.2, 0.25) is 0 Å². The third-order valence-corrected chi connectivity index (χ3v) is 5.42. The summed E-state index contributed by atoms with van der Waals surface area (Å²) in [4.78, 5) is 0. The highest BCUT2D eigenvalue weighted by Crippen LogP contribution is 2.11. The first-order valence-electron chi connectivity index (χ1n) is 11.9. The van der Waals surface area contributed by atoms with Gasteiger partial charge >= 0.3 is 0 Å². The highest BCUT2D eigenvalue weighted by atomic mass is 79.9. The number of allylic oxidation sites excluding steroid dienone is 2. The number of ether oxygens (including phenoxy) is 2. The molecule has 3 heteroatoms. The van der Waals surface area contributed by atoms with Crippen molar-refractivity contribution < 1.29 is 9.47 Å². The Kier molecular flexibility index (Phi) is 24.8. The van der Waals surface area contributed by atoms with E-state index in [9.17, 15) is 0 Å². The predicted molar refractivity (Wildman–Crippen MR) is 128 cm³/mol. The second-order valence-corrected chi connectivity index (χ2v) is 8.42. The Labute approximate surface area is 184 Å². The molecule has 0 aliphatic carbocycles. The first-order chi connectivity index (χ1) is 13.8. The van der Waals surface area contributed by atoms with Gasteiger partial charge in [-0.25, -0.2) is 0 Å². The summed E-state index contributed by atoms with van der Waals surface area (Å²) < 4.78 is 12.0. The lowest BCUT2D eigenvalue weighted by Gasteiger charge is -2.17. The monoisotopic (exact) mass is 458 g/mol. The summed E-state index contributed by atoms with van der Waals surface area (Å²) in [6, 6.07) is 0. The van der Waals surface area contributed by atoms with Gasteiger partial charge in [-0.2, -0.15) is 0 Å². The molecule has 0 rings (SSSR count). The summed E-state index contributed by atoms with van der Waals surface area (Å²) in [5, 5.41) is 1.11. The van der Waals surface area contributed by atoms with E-state index in [-0.39, 0.29) is 6.29 Å². The minimum absolute atomic E-state index is 0.0709. The van der Waals surface area contributed by atoms with Crippen molar-refractivity contribution in [1.29, 1.82) is 0 Å². The Morgan fingerprint density at radius 2 is 1.11 bits per heavy atom. The summed E-state index contributed by atoms with van der Waals surface area (Å²) in [6.07, 6.45) is 27.7. The number of hydrogen-bond donors (Lipinski definition) is 0. The summed E-state index contributed by atoms with van der Waals surface area (Å²) in [5.74, 6) is 0. The molecule has 0 aromatic carbocycles. The van der Waals surface area contributed by atoms with Gasteiger partial charge in [0.05, 0.1) is 13.2 Å². The third-order valence-electron chi connectivity index (χ3n) is 4.86. The molecule has 0 aromatic heterocycles. The van der Waals surface area contributed by atoms with Crippen LogP contribution in [0.5, 0.6) is 0 Å². The van der Waals surface area contributed by atoms with E-state index in [0.717, 1.165) is 11.8 Å². The van der Waals surface area contributed by atoms with Crippen molar-refractivity contribution >= 4 is 15.9 Å². The van der Waals surface area contributed by atoms with Crippen LogP contribution < -0.4 is 0 Å². The van der Waals surface area contributed by atoms with E-state index in [1.54, 1.807) is 0 Å². The molecule has 0 saturated carbocycles. The number of halogens is 1. The summed E-state index contributed by atoms with van der Waals surface area (Å²) in [5.41, 5.74) is 0. The molecule has 0 heterocycles. The Morgan fingerprint density at radius 3 is 1.61 bits per heavy atom. The molecule has 0 spiro atoms. The first kappa shape index (κ1) is 27.9. The van der Waals surface area contributed by atoms with Gasteiger partial charge in [-0.1, -0.05) is 105 Å². The van der Waals surface area contributed by atoms with Crippen LogP contribution in [0.15, 0.2) is 24.3 Å². The SMILES string of the molecule is CCCCCC/C=C\COC(CCCCCCBr)OC/C=C\CCCCCC. The van der Waals surface area contributed by atoms with Crippen LogP contribution in [0, 0.1) is 0 Å². The van der Waals surface area contributed by atoms with Gasteiger partial charge in [0, 0.05) is 5.33 Å². The van der Waals surface area contributed by atoms with Crippen molar-refractivity contribution in [3.8, 4) is 0 Å². The highest BCUT2D eigenvalue weighted by Gasteiger charge is 2.07. The quantitative estimate of drug-likeness (QED) is 0.0697. The molecule has 0 radical (unpaired) electrons. The molecular formula is C25H47BrO2. The molecule has 0 unspecified atom stereocenters. The Hall–Kier alpha value is -0.120. The van der Waals surface area contributed by atoms with E-state index in [4.69, 9.17) is 9.47 Å². The van der Waals surface area contributed by atoms with Gasteiger partial charge in [-0.15, -0.1) is 0 Å². The largest absolute Gasteiger partial charge is 0.349 e. The fraction of sp³-hybridized carbons (Fsp3) is 0.840. The molecular weight excluding hydrogens is 412 g/mol. The number of unbranched alkanes of at least 4 members (excludes halogenated alkanes) is 11. The maximum absolute atomic E-state index is 5.98. The maximum Gasteiger partial charge on any atom is 0.158 e. The standard InChI is InChI=1S/C25H47BrO2/c1-3-5-7-9-11-15-19-23-27-25(21-17-13-14-18-22-26)28-24-20-16-12-10-8-6-4-2/h15-16,19-20,25H,3-14,17-18,21-24H2,1-2H3/b19-15-,20-16-. The molecule has 0 atom stereocenters. The van der Waals surface area contributed by atoms with Crippen LogP contribution in [-0.4, -0.2) is 24.8 Å². The van der Waals surface area contributed by atoms with E-state index in [0.29, 0.717) is 13.2 Å². The summed E-state index contributed by atoms with van der Waals surface area (Å²) in [6.45, 7) is 5.85. The van der Waals surface area contributed by atoms with Crippen LogP contribution >= 0.6 is 15.9 Å². The molecule has 0 amide bonds. The Morgan fingerprint density at radius 1 is 0.607 bits per heavy atom. The molecule has 0 aromatic rings. The van der Waals surface area contributed by atoms with Crippen LogP contribution in [0.2, 0.25) is 0 Å². The fourth-order valence-corrected chi connectivity index (χ4v) is 3.45. The molecule has 0 aliphatic heterocycles. The number of rotatable bonds is 22. The summed E-state index contributed by atoms with van der Waals surface area (Å²) in [7, 11) is 0. The van der Waals surface area contributed by atoms with E-state index >= 15 is 0 Å². The van der Waals surface area contributed by atoms with Crippen LogP contribution in [0.4, 0.5) is 0 Å². The zero-order valence-corrected chi connectivity index (χ0v) is 20.4. The van der Waals surface area contributed by atoms with Crippen molar-refractivity contribution in [2.45, 2.75) is 116 Å². The zero-order chi connectivity index (χ0) is 20.5. The van der Waals surface area contributed by atoms with Crippen LogP contribution in [0.25, 0.3) is 0 Å². The molecule has 0 N–H and O–H groups in total. The summed E-state index contributed by atoms with van der Waals surface area (Å²) >= 11 is 3.50. The van der Waals surface area contributed by atoms with Gasteiger partial charge in [0.25, 0.3) is 0 Å².